The second-order valence-electron chi connectivity index (χ2n) is 10.8. The maximum Gasteiger partial charge on any atom is 0.123 e. The highest BCUT2D eigenvalue weighted by Gasteiger charge is 2.36. The number of aromatic amines is 1. The Kier molecular flexibility index (Phi) is 5.04. The van der Waals surface area contributed by atoms with E-state index in [0.29, 0.717) is 11.7 Å². The van der Waals surface area contributed by atoms with E-state index in [1.54, 1.807) is 6.33 Å². The number of imidazole rings is 1. The molecule has 2 N–H and O–H groups in total. The summed E-state index contributed by atoms with van der Waals surface area (Å²) in [4.78, 5) is 7.60. The number of para-hydroxylation sites is 1. The van der Waals surface area contributed by atoms with Crippen LogP contribution in [0.4, 0.5) is 0 Å². The summed E-state index contributed by atoms with van der Waals surface area (Å²) in [5, 5.41) is 10.8. The zero-order valence-corrected chi connectivity index (χ0v) is 19.1. The van der Waals surface area contributed by atoms with Gasteiger partial charge in [-0.25, -0.2) is 4.98 Å². The summed E-state index contributed by atoms with van der Waals surface area (Å²) in [7, 11) is 0. The van der Waals surface area contributed by atoms with E-state index in [-0.39, 0.29) is 10.8 Å². The molecule has 0 saturated carbocycles. The predicted molar refractivity (Wildman–Crippen MR) is 124 cm³/mol. The van der Waals surface area contributed by atoms with Crippen molar-refractivity contribution in [2.75, 3.05) is 0 Å². The molecule has 1 atom stereocenters. The van der Waals surface area contributed by atoms with Crippen molar-refractivity contribution in [2.45, 2.75) is 77.6 Å². The Labute approximate surface area is 180 Å². The lowest BCUT2D eigenvalue weighted by atomic mass is 9.72. The summed E-state index contributed by atoms with van der Waals surface area (Å²) in [6.45, 7) is 13.8. The summed E-state index contributed by atoms with van der Waals surface area (Å²) in [5.41, 5.74) is 9.03. The van der Waals surface area contributed by atoms with E-state index in [4.69, 9.17) is 0 Å². The molecular weight excluding hydrogens is 368 g/mol. The van der Waals surface area contributed by atoms with E-state index in [2.05, 4.69) is 63.6 Å². The minimum absolute atomic E-state index is 0.0209. The van der Waals surface area contributed by atoms with Gasteiger partial charge in [0.15, 0.2) is 0 Å². The first kappa shape index (κ1) is 20.7. The Hall–Kier alpha value is -2.55. The predicted octanol–water partition coefficient (Wildman–Crippen LogP) is 6.65. The first-order valence-corrected chi connectivity index (χ1v) is 11.0. The monoisotopic (exact) mass is 402 g/mol. The summed E-state index contributed by atoms with van der Waals surface area (Å²) in [6, 6.07) is 10.2. The van der Waals surface area contributed by atoms with Crippen molar-refractivity contribution in [2.24, 2.45) is 0 Å². The Morgan fingerprint density at radius 1 is 1.03 bits per heavy atom. The van der Waals surface area contributed by atoms with Crippen LogP contribution in [0.1, 0.15) is 81.8 Å². The first-order chi connectivity index (χ1) is 14.1. The van der Waals surface area contributed by atoms with E-state index < -0.39 is 0 Å². The highest BCUT2D eigenvalue weighted by atomic mass is 16.3. The average Bonchev–Trinajstić information content (AvgIpc) is 3.30. The molecule has 1 heterocycles. The van der Waals surface area contributed by atoms with Crippen LogP contribution in [0.15, 0.2) is 42.9 Å². The highest BCUT2D eigenvalue weighted by Crippen LogP contribution is 2.50. The second kappa shape index (κ2) is 7.30. The Morgan fingerprint density at radius 3 is 2.33 bits per heavy atom. The molecule has 3 nitrogen and oxygen atoms in total. The average molecular weight is 403 g/mol. The molecule has 0 fully saturated rings. The van der Waals surface area contributed by atoms with Gasteiger partial charge in [0, 0.05) is 11.8 Å². The number of hydrogen-bond donors (Lipinski definition) is 2. The van der Waals surface area contributed by atoms with Crippen molar-refractivity contribution in [1.29, 1.82) is 0 Å². The largest absolute Gasteiger partial charge is 0.507 e. The van der Waals surface area contributed by atoms with Gasteiger partial charge in [-0.3, -0.25) is 0 Å². The molecule has 1 aliphatic rings. The standard InChI is InChI=1S/C27H34N2O/c1-26(2,3)21-14-22(27(4,5)6)25(19-9-7-8-10-23(19)30)20-12-11-17(24(20)21)13-18-15-28-16-29-18/h7-10,14-17,30H,11-13H2,1-6H3,(H,28,29). The molecular formula is C27H34N2O. The van der Waals surface area contributed by atoms with Crippen LogP contribution in [0, 0.1) is 0 Å². The van der Waals surface area contributed by atoms with Gasteiger partial charge in [-0.1, -0.05) is 65.8 Å². The van der Waals surface area contributed by atoms with Crippen LogP contribution in [0.2, 0.25) is 0 Å². The fourth-order valence-corrected chi connectivity index (χ4v) is 5.01. The van der Waals surface area contributed by atoms with Gasteiger partial charge < -0.3 is 10.1 Å². The van der Waals surface area contributed by atoms with Crippen LogP contribution in [-0.2, 0) is 23.7 Å². The van der Waals surface area contributed by atoms with Crippen LogP contribution in [-0.4, -0.2) is 15.1 Å². The number of phenols is 1. The molecule has 158 valence electrons. The van der Waals surface area contributed by atoms with Crippen molar-refractivity contribution in [3.63, 3.8) is 0 Å². The molecule has 0 bridgehead atoms. The van der Waals surface area contributed by atoms with Crippen molar-refractivity contribution < 1.29 is 5.11 Å². The van der Waals surface area contributed by atoms with Crippen molar-refractivity contribution in [1.82, 2.24) is 9.97 Å². The number of H-pyrrole nitrogens is 1. The van der Waals surface area contributed by atoms with Crippen LogP contribution in [0.25, 0.3) is 11.1 Å². The molecule has 3 heteroatoms. The Bertz CT molecular complexity index is 1050. The van der Waals surface area contributed by atoms with Crippen LogP contribution >= 0.6 is 0 Å². The van der Waals surface area contributed by atoms with E-state index >= 15 is 0 Å². The molecule has 1 aromatic heterocycles. The number of fused-ring (bicyclic) bond motifs is 1. The molecule has 0 saturated heterocycles. The van der Waals surface area contributed by atoms with E-state index in [9.17, 15) is 5.11 Å². The number of phenolic OH excluding ortho intramolecular Hbond substituents is 1. The van der Waals surface area contributed by atoms with Crippen LogP contribution in [0.3, 0.4) is 0 Å². The molecule has 4 rings (SSSR count). The molecule has 0 amide bonds. The van der Waals surface area contributed by atoms with Gasteiger partial charge >= 0.3 is 0 Å². The maximum absolute atomic E-state index is 10.8. The van der Waals surface area contributed by atoms with Crippen LogP contribution < -0.4 is 0 Å². The molecule has 1 unspecified atom stereocenters. The summed E-state index contributed by atoms with van der Waals surface area (Å²) < 4.78 is 0. The van der Waals surface area contributed by atoms with Gasteiger partial charge in [0.25, 0.3) is 0 Å². The molecule has 30 heavy (non-hydrogen) atoms. The van der Waals surface area contributed by atoms with Gasteiger partial charge in [0.2, 0.25) is 0 Å². The molecule has 0 radical (unpaired) electrons. The number of aromatic hydroxyl groups is 1. The molecule has 3 aromatic rings. The number of rotatable bonds is 3. The van der Waals surface area contributed by atoms with Gasteiger partial charge in [-0.05, 0) is 69.9 Å². The van der Waals surface area contributed by atoms with Gasteiger partial charge in [-0.15, -0.1) is 0 Å². The third-order valence-corrected chi connectivity index (χ3v) is 6.43. The highest BCUT2D eigenvalue weighted by molar-refractivity contribution is 5.80. The van der Waals surface area contributed by atoms with Gasteiger partial charge in [-0.2, -0.15) is 0 Å². The zero-order chi connectivity index (χ0) is 21.7. The smallest absolute Gasteiger partial charge is 0.123 e. The molecule has 0 spiro atoms. The van der Waals surface area contributed by atoms with Crippen LogP contribution in [0.5, 0.6) is 5.75 Å². The zero-order valence-electron chi connectivity index (χ0n) is 19.1. The molecule has 0 aliphatic heterocycles. The Balaban J connectivity index is 2.02. The molecule has 1 aliphatic carbocycles. The van der Waals surface area contributed by atoms with Gasteiger partial charge in [0.05, 0.1) is 12.0 Å². The lowest BCUT2D eigenvalue weighted by Crippen LogP contribution is -2.21. The van der Waals surface area contributed by atoms with E-state index in [1.165, 1.54) is 27.8 Å². The minimum atomic E-state index is -0.0209. The SMILES string of the molecule is CC(C)(C)c1cc(C(C)(C)C)c2c(c1-c1ccccc1O)CCC2Cc1c[nH]cn1. The quantitative estimate of drug-likeness (QED) is 0.515. The third kappa shape index (κ3) is 3.66. The number of aromatic nitrogens is 2. The third-order valence-electron chi connectivity index (χ3n) is 6.43. The normalized spacial score (nSPS) is 16.7. The number of benzene rings is 2. The minimum Gasteiger partial charge on any atom is -0.507 e. The van der Waals surface area contributed by atoms with Crippen molar-refractivity contribution >= 4 is 0 Å². The topological polar surface area (TPSA) is 48.9 Å². The fraction of sp³-hybridized carbons (Fsp3) is 0.444. The molecule has 2 aromatic carbocycles. The fourth-order valence-electron chi connectivity index (χ4n) is 5.01. The van der Waals surface area contributed by atoms with E-state index in [1.807, 2.05) is 24.4 Å². The summed E-state index contributed by atoms with van der Waals surface area (Å²) in [6.07, 6.45) is 6.91. The number of nitrogens with zero attached hydrogens (tertiary/aromatic N) is 1. The van der Waals surface area contributed by atoms with E-state index in [0.717, 1.165) is 30.5 Å². The lowest BCUT2D eigenvalue weighted by Gasteiger charge is -2.32. The summed E-state index contributed by atoms with van der Waals surface area (Å²) >= 11 is 0. The summed E-state index contributed by atoms with van der Waals surface area (Å²) in [5.74, 6) is 0.820. The maximum atomic E-state index is 10.8. The lowest BCUT2D eigenvalue weighted by molar-refractivity contribution is 0.477. The Morgan fingerprint density at radius 2 is 1.73 bits per heavy atom. The first-order valence-electron chi connectivity index (χ1n) is 11.0. The number of nitrogens with one attached hydrogen (secondary N) is 1. The number of hydrogen-bond acceptors (Lipinski definition) is 2. The van der Waals surface area contributed by atoms with Gasteiger partial charge in [0.1, 0.15) is 5.75 Å². The van der Waals surface area contributed by atoms with Crippen molar-refractivity contribution in [3.8, 4) is 16.9 Å². The van der Waals surface area contributed by atoms with Crippen molar-refractivity contribution in [3.05, 3.63) is 70.8 Å². The second-order valence-corrected chi connectivity index (χ2v) is 10.8.